The number of ether oxygens (including phenoxy) is 3. The number of benzene rings is 3. The minimum Gasteiger partial charge on any atom is -0.508 e. The Morgan fingerprint density at radius 1 is 0.838 bits per heavy atom. The molecule has 0 aliphatic carbocycles. The molecule has 6 N–H and O–H groups in total. The molecule has 2 aromatic heterocycles. The van der Waals surface area contributed by atoms with Gasteiger partial charge in [0.25, 0.3) is 17.4 Å². The number of aromatic hydroxyl groups is 1. The molecule has 0 fully saturated rings. The van der Waals surface area contributed by atoms with Gasteiger partial charge in [0.1, 0.15) is 31.0 Å². The van der Waals surface area contributed by atoms with E-state index in [9.17, 15) is 43.5 Å². The lowest BCUT2D eigenvalue weighted by Crippen LogP contribution is -2.53. The summed E-state index contributed by atoms with van der Waals surface area (Å²) in [6.07, 6.45) is 5.02. The second-order valence-corrected chi connectivity index (χ2v) is 18.5. The minimum atomic E-state index is -2.00. The average molecular weight is 1010 g/mol. The van der Waals surface area contributed by atoms with E-state index in [1.54, 1.807) is 60.0 Å². The van der Waals surface area contributed by atoms with Gasteiger partial charge >= 0.3 is 12.1 Å². The summed E-state index contributed by atoms with van der Waals surface area (Å²) < 4.78 is 18.4. The predicted octanol–water partition coefficient (Wildman–Crippen LogP) is 5.47. The molecule has 0 saturated heterocycles. The zero-order chi connectivity index (χ0) is 52.5. The molecular formula is C55H59N7O12. The monoisotopic (exact) mass is 1010 g/mol. The number of esters is 1. The third kappa shape index (κ3) is 11.4. The van der Waals surface area contributed by atoms with E-state index in [0.717, 1.165) is 27.0 Å². The zero-order valence-corrected chi connectivity index (χ0v) is 41.3. The smallest absolute Gasteiger partial charge is 0.508 e. The highest BCUT2D eigenvalue weighted by Gasteiger charge is 2.51. The van der Waals surface area contributed by atoms with Crippen LogP contribution in [0.1, 0.15) is 98.6 Å². The summed E-state index contributed by atoms with van der Waals surface area (Å²) in [6, 6.07) is 20.1. The highest BCUT2D eigenvalue weighted by Crippen LogP contribution is 2.42. The zero-order valence-electron chi connectivity index (χ0n) is 41.3. The van der Waals surface area contributed by atoms with Gasteiger partial charge in [-0.1, -0.05) is 62.7 Å². The number of carbonyl (C=O) groups is 7. The largest absolute Gasteiger partial charge is 0.510 e. The van der Waals surface area contributed by atoms with E-state index < -0.39 is 47.2 Å². The number of phenols is 1. The molecule has 0 bridgehead atoms. The summed E-state index contributed by atoms with van der Waals surface area (Å²) in [7, 11) is 0. The normalized spacial score (nSPS) is 16.2. The fourth-order valence-corrected chi connectivity index (χ4v) is 9.68. The summed E-state index contributed by atoms with van der Waals surface area (Å²) in [6.45, 7) is 3.87. The van der Waals surface area contributed by atoms with Crippen molar-refractivity contribution >= 4 is 58.3 Å². The number of nitrogens with zero attached hydrogens (tertiary/aromatic N) is 3. The molecule has 0 radical (unpaired) electrons. The van der Waals surface area contributed by atoms with Crippen molar-refractivity contribution in [1.82, 2.24) is 25.1 Å². The van der Waals surface area contributed by atoms with Gasteiger partial charge in [0.15, 0.2) is 0 Å². The van der Waals surface area contributed by atoms with E-state index in [1.165, 1.54) is 12.2 Å². The van der Waals surface area contributed by atoms with Gasteiger partial charge < -0.3 is 45.6 Å². The van der Waals surface area contributed by atoms with Crippen LogP contribution in [0.5, 0.6) is 5.75 Å². The number of hydrogen-bond donors (Lipinski definition) is 5. The number of unbranched alkanes of at least 4 members (excludes halogenated alkanes) is 3. The molecule has 19 heteroatoms. The number of pyridine rings is 2. The third-order valence-corrected chi connectivity index (χ3v) is 13.6. The molecule has 5 heterocycles. The van der Waals surface area contributed by atoms with Gasteiger partial charge in [0.2, 0.25) is 23.3 Å². The first-order chi connectivity index (χ1) is 35.7. The summed E-state index contributed by atoms with van der Waals surface area (Å²) in [5, 5.41) is 19.5. The van der Waals surface area contributed by atoms with Crippen LogP contribution in [-0.2, 0) is 81.2 Å². The maximum atomic E-state index is 14.1. The van der Waals surface area contributed by atoms with Gasteiger partial charge in [-0.2, -0.15) is 0 Å². The molecule has 3 aliphatic heterocycles. The van der Waals surface area contributed by atoms with Gasteiger partial charge in [0.05, 0.1) is 29.0 Å². The molecule has 0 spiro atoms. The Morgan fingerprint density at radius 3 is 2.31 bits per heavy atom. The van der Waals surface area contributed by atoms with E-state index in [2.05, 4.69) is 16.0 Å². The predicted molar refractivity (Wildman–Crippen MR) is 271 cm³/mol. The Balaban J connectivity index is 0.897. The van der Waals surface area contributed by atoms with Crippen molar-refractivity contribution in [2.24, 2.45) is 5.73 Å². The lowest BCUT2D eigenvalue weighted by atomic mass is 9.85. The Labute approximate surface area is 426 Å². The lowest BCUT2D eigenvalue weighted by molar-refractivity contribution is -0.175. The fourth-order valence-electron chi connectivity index (χ4n) is 9.68. The quantitative estimate of drug-likeness (QED) is 0.0321. The molecule has 0 unspecified atom stereocenters. The van der Waals surface area contributed by atoms with Crippen LogP contribution < -0.4 is 27.2 Å². The molecule has 3 aliphatic rings. The maximum absolute atomic E-state index is 14.1. The van der Waals surface area contributed by atoms with Crippen molar-refractivity contribution in [2.45, 2.75) is 115 Å². The number of amides is 5. The number of rotatable bonds is 22. The molecule has 0 saturated carbocycles. The number of nitrogens with two attached hydrogens (primary N) is 1. The standard InChI is InChI=1S/C55H59N7O12/c1-3-37-38-28-36(63)21-22-42(38)59-49-39(37)30-62-45(49)29-41-40(52(62)69)32-72-53(70)55(41,4-2)74-54(71)73-31-34-17-19-35(20-18-34)57-50(67)43(15-10-11-25-56)60-51(68)44(27-33-13-7-5-8-14-33)58-46(64)16-9-6-12-26-61-47(65)23-24-48(61)66/h5,7-8,13-14,17-24,28-29,43-44,63H,3-4,6,9-12,15-16,25-27,30-32,56H2,1-2H3,(H,57,67)(H,58,64)(H,60,68)/t43-,44-,55-/m0/s1. The first kappa shape index (κ1) is 52.1. The first-order valence-electron chi connectivity index (χ1n) is 25.0. The number of carbonyl (C=O) groups excluding carboxylic acids is 7. The van der Waals surface area contributed by atoms with Gasteiger partial charge in [-0.15, -0.1) is 0 Å². The number of aromatic nitrogens is 2. The SMILES string of the molecule is CCc1c2c(nc3ccc(O)cc13)-c1cc3c(c(=O)n1C2)COC(=O)[C@@]3(CC)OC(=O)OCc1ccc(NC(=O)[C@H](CCCCN)NC(=O)[C@H](Cc2ccccc2)NC(=O)CCCCCN2C(=O)C=CC2=O)cc1. The summed E-state index contributed by atoms with van der Waals surface area (Å²) in [5.74, 6) is -2.90. The highest BCUT2D eigenvalue weighted by atomic mass is 16.7. The van der Waals surface area contributed by atoms with E-state index in [-0.39, 0.29) is 86.6 Å². The van der Waals surface area contributed by atoms with Gasteiger partial charge in [-0.05, 0) is 105 Å². The van der Waals surface area contributed by atoms with Crippen molar-refractivity contribution in [3.8, 4) is 17.1 Å². The Bertz CT molecular complexity index is 3060. The van der Waals surface area contributed by atoms with Gasteiger partial charge in [0, 0.05) is 53.7 Å². The number of cyclic esters (lactones) is 1. The van der Waals surface area contributed by atoms with E-state index in [1.807, 2.05) is 37.3 Å². The van der Waals surface area contributed by atoms with Crippen LogP contribution in [0.4, 0.5) is 10.5 Å². The molecular weight excluding hydrogens is 951 g/mol. The summed E-state index contributed by atoms with van der Waals surface area (Å²) in [5.41, 5.74) is 8.76. The van der Waals surface area contributed by atoms with E-state index >= 15 is 0 Å². The van der Waals surface area contributed by atoms with E-state index in [0.29, 0.717) is 73.2 Å². The number of imide groups is 1. The van der Waals surface area contributed by atoms with Crippen LogP contribution in [-0.4, -0.2) is 86.4 Å². The second kappa shape index (κ2) is 23.1. The fraction of sp³-hybridized carbons (Fsp3) is 0.364. The Morgan fingerprint density at radius 2 is 1.59 bits per heavy atom. The number of nitrogens with one attached hydrogen (secondary N) is 3. The second-order valence-electron chi connectivity index (χ2n) is 18.5. The average Bonchev–Trinajstić information content (AvgIpc) is 3.93. The number of anilines is 1. The van der Waals surface area contributed by atoms with Crippen LogP contribution in [0.15, 0.2) is 95.8 Å². The minimum absolute atomic E-state index is 0.0760. The number of phenolic OH excluding ortho intramolecular Hbond substituents is 1. The first-order valence-corrected chi connectivity index (χ1v) is 25.0. The Hall–Kier alpha value is -8.19. The summed E-state index contributed by atoms with van der Waals surface area (Å²) >= 11 is 0. The van der Waals surface area contributed by atoms with Crippen LogP contribution in [0, 0.1) is 0 Å². The topological polar surface area (TPSA) is 268 Å². The molecule has 3 aromatic carbocycles. The van der Waals surface area contributed by atoms with Crippen molar-refractivity contribution in [3.05, 3.63) is 135 Å². The molecule has 5 aromatic rings. The Kier molecular flexibility index (Phi) is 16.3. The van der Waals surface area contributed by atoms with Gasteiger partial charge in [-0.3, -0.25) is 33.7 Å². The van der Waals surface area contributed by atoms with Crippen molar-refractivity contribution in [3.63, 3.8) is 0 Å². The van der Waals surface area contributed by atoms with Crippen LogP contribution in [0.3, 0.4) is 0 Å². The number of fused-ring (bicyclic) bond motifs is 5. The molecule has 8 rings (SSSR count). The van der Waals surface area contributed by atoms with Crippen molar-refractivity contribution < 1.29 is 52.9 Å². The summed E-state index contributed by atoms with van der Waals surface area (Å²) in [4.78, 5) is 112. The van der Waals surface area contributed by atoms with E-state index in [4.69, 9.17) is 24.9 Å². The molecule has 5 amide bonds. The highest BCUT2D eigenvalue weighted by molar-refractivity contribution is 6.12. The van der Waals surface area contributed by atoms with Crippen molar-refractivity contribution in [2.75, 3.05) is 18.4 Å². The van der Waals surface area contributed by atoms with Crippen LogP contribution >= 0.6 is 0 Å². The number of hydrogen-bond acceptors (Lipinski definition) is 14. The maximum Gasteiger partial charge on any atom is 0.510 e. The van der Waals surface area contributed by atoms with Crippen molar-refractivity contribution in [1.29, 1.82) is 0 Å². The van der Waals surface area contributed by atoms with Gasteiger partial charge in [-0.25, -0.2) is 14.6 Å². The molecule has 386 valence electrons. The molecule has 74 heavy (non-hydrogen) atoms. The molecule has 19 nitrogen and oxygen atoms in total. The lowest BCUT2D eigenvalue weighted by Gasteiger charge is -2.35. The van der Waals surface area contributed by atoms with Crippen LogP contribution in [0.25, 0.3) is 22.3 Å². The molecule has 3 atom stereocenters. The third-order valence-electron chi connectivity index (χ3n) is 13.6. The van der Waals surface area contributed by atoms with Crippen LogP contribution in [0.2, 0.25) is 0 Å². The number of aryl methyl sites for hydroxylation is 1.